The summed E-state index contributed by atoms with van der Waals surface area (Å²) < 4.78 is 11.0. The van der Waals surface area contributed by atoms with Crippen LogP contribution < -0.4 is 4.74 Å². The minimum Gasteiger partial charge on any atom is -0.497 e. The molecule has 25 heavy (non-hydrogen) atoms. The predicted octanol–water partition coefficient (Wildman–Crippen LogP) is 5.08. The Hall–Kier alpha value is -3.40. The molecule has 0 fully saturated rings. The van der Waals surface area contributed by atoms with Crippen molar-refractivity contribution in [2.75, 3.05) is 7.11 Å². The van der Waals surface area contributed by atoms with E-state index in [1.807, 2.05) is 54.6 Å². The van der Waals surface area contributed by atoms with Crippen LogP contribution in [0.25, 0.3) is 34.0 Å². The van der Waals surface area contributed by atoms with Crippen LogP contribution in [-0.4, -0.2) is 17.3 Å². The Balaban J connectivity index is 1.59. The fourth-order valence-corrected chi connectivity index (χ4v) is 2.63. The number of aromatic nitrogens is 2. The van der Waals surface area contributed by atoms with Gasteiger partial charge in [-0.3, -0.25) is 0 Å². The van der Waals surface area contributed by atoms with Gasteiger partial charge in [-0.2, -0.15) is 0 Å². The SMILES string of the molecule is COc1ccc(-c2nnc(-c3ccc(-c4ccccc4)cc3)o2)cc1. The molecule has 4 rings (SSSR count). The van der Waals surface area contributed by atoms with Crippen molar-refractivity contribution in [3.8, 4) is 39.8 Å². The van der Waals surface area contributed by atoms with Crippen molar-refractivity contribution < 1.29 is 9.15 Å². The van der Waals surface area contributed by atoms with E-state index in [0.29, 0.717) is 11.8 Å². The molecule has 0 aliphatic heterocycles. The molecule has 0 saturated carbocycles. The number of methoxy groups -OCH3 is 1. The molecule has 0 bridgehead atoms. The quantitative estimate of drug-likeness (QED) is 0.524. The summed E-state index contributed by atoms with van der Waals surface area (Å²) in [5.74, 6) is 1.79. The lowest BCUT2D eigenvalue weighted by Gasteiger charge is -2.02. The van der Waals surface area contributed by atoms with Gasteiger partial charge in [-0.15, -0.1) is 10.2 Å². The van der Waals surface area contributed by atoms with E-state index in [9.17, 15) is 0 Å². The third-order valence-corrected chi connectivity index (χ3v) is 4.00. The first-order valence-electron chi connectivity index (χ1n) is 7.97. The topological polar surface area (TPSA) is 48.2 Å². The molecule has 4 aromatic rings. The van der Waals surface area contributed by atoms with Gasteiger partial charge < -0.3 is 9.15 Å². The standard InChI is InChI=1S/C21H16N2O2/c1-24-19-13-11-18(12-14-19)21-23-22-20(25-21)17-9-7-16(8-10-17)15-5-3-2-4-6-15/h2-14H,1H3. The molecule has 0 N–H and O–H groups in total. The Bertz CT molecular complexity index is 959. The number of hydrogen-bond acceptors (Lipinski definition) is 4. The molecule has 122 valence electrons. The van der Waals surface area contributed by atoms with Crippen LogP contribution in [0.4, 0.5) is 0 Å². The third-order valence-electron chi connectivity index (χ3n) is 4.00. The average molecular weight is 328 g/mol. The van der Waals surface area contributed by atoms with Crippen molar-refractivity contribution >= 4 is 0 Å². The normalized spacial score (nSPS) is 10.6. The molecule has 4 heteroatoms. The van der Waals surface area contributed by atoms with Crippen molar-refractivity contribution in [1.29, 1.82) is 0 Å². The molecular weight excluding hydrogens is 312 g/mol. The zero-order valence-electron chi connectivity index (χ0n) is 13.7. The second kappa shape index (κ2) is 6.61. The van der Waals surface area contributed by atoms with Crippen LogP contribution in [-0.2, 0) is 0 Å². The van der Waals surface area contributed by atoms with Gasteiger partial charge in [0, 0.05) is 11.1 Å². The van der Waals surface area contributed by atoms with E-state index in [2.05, 4.69) is 34.5 Å². The van der Waals surface area contributed by atoms with E-state index in [0.717, 1.165) is 22.4 Å². The predicted molar refractivity (Wildman–Crippen MR) is 97.2 cm³/mol. The number of nitrogens with zero attached hydrogens (tertiary/aromatic N) is 2. The molecule has 0 unspecified atom stereocenters. The van der Waals surface area contributed by atoms with Crippen LogP contribution in [0.1, 0.15) is 0 Å². The highest BCUT2D eigenvalue weighted by Crippen LogP contribution is 2.27. The van der Waals surface area contributed by atoms with E-state index in [1.54, 1.807) is 7.11 Å². The van der Waals surface area contributed by atoms with E-state index >= 15 is 0 Å². The van der Waals surface area contributed by atoms with Gasteiger partial charge in [0.05, 0.1) is 7.11 Å². The maximum absolute atomic E-state index is 5.81. The van der Waals surface area contributed by atoms with Crippen molar-refractivity contribution in [3.05, 3.63) is 78.9 Å². The molecule has 0 aliphatic rings. The highest BCUT2D eigenvalue weighted by molar-refractivity contribution is 5.67. The lowest BCUT2D eigenvalue weighted by Crippen LogP contribution is -1.82. The highest BCUT2D eigenvalue weighted by Gasteiger charge is 2.10. The first-order chi connectivity index (χ1) is 12.3. The summed E-state index contributed by atoms with van der Waals surface area (Å²) in [5, 5.41) is 8.30. The summed E-state index contributed by atoms with van der Waals surface area (Å²) in [5.41, 5.74) is 4.09. The van der Waals surface area contributed by atoms with Gasteiger partial charge in [0.1, 0.15) is 5.75 Å². The molecule has 0 aliphatic carbocycles. The second-order valence-corrected chi connectivity index (χ2v) is 5.58. The Kier molecular flexibility index (Phi) is 4.01. The zero-order chi connectivity index (χ0) is 17.1. The fourth-order valence-electron chi connectivity index (χ4n) is 2.63. The molecule has 0 spiro atoms. The Morgan fingerprint density at radius 1 is 0.600 bits per heavy atom. The molecule has 0 atom stereocenters. The summed E-state index contributed by atoms with van der Waals surface area (Å²) >= 11 is 0. The molecular formula is C21H16N2O2. The van der Waals surface area contributed by atoms with Crippen LogP contribution in [0.5, 0.6) is 5.75 Å². The van der Waals surface area contributed by atoms with Gasteiger partial charge in [0.15, 0.2) is 0 Å². The smallest absolute Gasteiger partial charge is 0.248 e. The average Bonchev–Trinajstić information content (AvgIpc) is 3.19. The molecule has 0 radical (unpaired) electrons. The van der Waals surface area contributed by atoms with Gasteiger partial charge in [0.2, 0.25) is 11.8 Å². The van der Waals surface area contributed by atoms with Gasteiger partial charge in [-0.05, 0) is 47.5 Å². The lowest BCUT2D eigenvalue weighted by molar-refractivity contribution is 0.415. The molecule has 4 nitrogen and oxygen atoms in total. The van der Waals surface area contributed by atoms with Gasteiger partial charge in [-0.1, -0.05) is 42.5 Å². The number of benzene rings is 3. The molecule has 3 aromatic carbocycles. The summed E-state index contributed by atoms with van der Waals surface area (Å²) in [6.07, 6.45) is 0. The summed E-state index contributed by atoms with van der Waals surface area (Å²) in [6, 6.07) is 25.9. The molecule has 1 heterocycles. The monoisotopic (exact) mass is 328 g/mol. The van der Waals surface area contributed by atoms with Crippen LogP contribution in [0.3, 0.4) is 0 Å². The summed E-state index contributed by atoms with van der Waals surface area (Å²) in [4.78, 5) is 0. The van der Waals surface area contributed by atoms with E-state index < -0.39 is 0 Å². The minimum atomic E-state index is 0.491. The Labute approximate surface area is 145 Å². The van der Waals surface area contributed by atoms with Gasteiger partial charge >= 0.3 is 0 Å². The number of rotatable bonds is 4. The van der Waals surface area contributed by atoms with Crippen molar-refractivity contribution in [2.24, 2.45) is 0 Å². The molecule has 0 amide bonds. The van der Waals surface area contributed by atoms with Gasteiger partial charge in [0.25, 0.3) is 0 Å². The second-order valence-electron chi connectivity index (χ2n) is 5.58. The lowest BCUT2D eigenvalue weighted by atomic mass is 10.0. The minimum absolute atomic E-state index is 0.491. The van der Waals surface area contributed by atoms with Crippen LogP contribution >= 0.6 is 0 Å². The van der Waals surface area contributed by atoms with Crippen LogP contribution in [0, 0.1) is 0 Å². The molecule has 1 aromatic heterocycles. The first kappa shape index (κ1) is 15.1. The highest BCUT2D eigenvalue weighted by atomic mass is 16.5. The third kappa shape index (κ3) is 3.15. The summed E-state index contributed by atoms with van der Waals surface area (Å²) in [7, 11) is 1.64. The maximum Gasteiger partial charge on any atom is 0.248 e. The fraction of sp³-hybridized carbons (Fsp3) is 0.0476. The van der Waals surface area contributed by atoms with Crippen LogP contribution in [0.2, 0.25) is 0 Å². The van der Waals surface area contributed by atoms with E-state index in [-0.39, 0.29) is 0 Å². The van der Waals surface area contributed by atoms with Crippen molar-refractivity contribution in [1.82, 2.24) is 10.2 Å². The van der Waals surface area contributed by atoms with Crippen molar-refractivity contribution in [2.45, 2.75) is 0 Å². The van der Waals surface area contributed by atoms with Crippen molar-refractivity contribution in [3.63, 3.8) is 0 Å². The van der Waals surface area contributed by atoms with Crippen LogP contribution in [0.15, 0.2) is 83.3 Å². The Morgan fingerprint density at radius 3 is 1.64 bits per heavy atom. The maximum atomic E-state index is 5.81. The molecule has 0 saturated heterocycles. The van der Waals surface area contributed by atoms with E-state index in [4.69, 9.17) is 9.15 Å². The van der Waals surface area contributed by atoms with Gasteiger partial charge in [-0.25, -0.2) is 0 Å². The summed E-state index contributed by atoms with van der Waals surface area (Å²) in [6.45, 7) is 0. The number of ether oxygens (including phenoxy) is 1. The number of hydrogen-bond donors (Lipinski definition) is 0. The first-order valence-corrected chi connectivity index (χ1v) is 7.97. The van der Waals surface area contributed by atoms with E-state index in [1.165, 1.54) is 5.56 Å². The zero-order valence-corrected chi connectivity index (χ0v) is 13.7. The Morgan fingerprint density at radius 2 is 1.08 bits per heavy atom. The largest absolute Gasteiger partial charge is 0.497 e.